The lowest BCUT2D eigenvalue weighted by atomic mass is 10.1. The van der Waals surface area contributed by atoms with E-state index >= 15 is 0 Å². The molecule has 1 heterocycles. The van der Waals surface area contributed by atoms with Gasteiger partial charge in [-0.2, -0.15) is 5.26 Å². The molecule has 2 rings (SSSR count). The number of nitrogens with zero attached hydrogens (tertiary/aromatic N) is 2. The van der Waals surface area contributed by atoms with E-state index in [4.69, 9.17) is 5.26 Å². The molecule has 1 aromatic rings. The SMILES string of the molecule is CSc1ccc(CC(=O)NC(=O)N2CC2C#N)cc1. The van der Waals surface area contributed by atoms with Crippen LogP contribution in [-0.2, 0) is 11.2 Å². The van der Waals surface area contributed by atoms with Crippen molar-refractivity contribution in [2.45, 2.75) is 17.4 Å². The molecule has 0 spiro atoms. The van der Waals surface area contributed by atoms with Crippen molar-refractivity contribution >= 4 is 23.7 Å². The third-order valence-corrected chi connectivity index (χ3v) is 3.54. The average molecular weight is 275 g/mol. The number of imide groups is 1. The summed E-state index contributed by atoms with van der Waals surface area (Å²) in [6, 6.07) is 8.69. The number of amides is 3. The van der Waals surface area contributed by atoms with Gasteiger partial charge in [-0.1, -0.05) is 12.1 Å². The molecule has 19 heavy (non-hydrogen) atoms. The van der Waals surface area contributed by atoms with Crippen molar-refractivity contribution in [3.05, 3.63) is 29.8 Å². The Balaban J connectivity index is 1.84. The Morgan fingerprint density at radius 2 is 2.16 bits per heavy atom. The maximum atomic E-state index is 11.7. The summed E-state index contributed by atoms with van der Waals surface area (Å²) < 4.78 is 0. The normalized spacial score (nSPS) is 16.6. The highest BCUT2D eigenvalue weighted by Crippen LogP contribution is 2.16. The smallest absolute Gasteiger partial charge is 0.303 e. The summed E-state index contributed by atoms with van der Waals surface area (Å²) in [6.07, 6.45) is 2.14. The number of hydrogen-bond donors (Lipinski definition) is 1. The van der Waals surface area contributed by atoms with Gasteiger partial charge in [-0.3, -0.25) is 10.1 Å². The maximum Gasteiger partial charge on any atom is 0.325 e. The first-order valence-electron chi connectivity index (χ1n) is 5.77. The summed E-state index contributed by atoms with van der Waals surface area (Å²) in [6.45, 7) is 0.401. The first-order valence-corrected chi connectivity index (χ1v) is 6.99. The van der Waals surface area contributed by atoms with Crippen molar-refractivity contribution in [3.8, 4) is 6.07 Å². The van der Waals surface area contributed by atoms with E-state index in [0.717, 1.165) is 10.5 Å². The van der Waals surface area contributed by atoms with Gasteiger partial charge in [-0.05, 0) is 24.0 Å². The van der Waals surface area contributed by atoms with Crippen LogP contribution in [0.3, 0.4) is 0 Å². The molecule has 5 nitrogen and oxygen atoms in total. The summed E-state index contributed by atoms with van der Waals surface area (Å²) in [5, 5.41) is 10.9. The van der Waals surface area contributed by atoms with Crippen LogP contribution in [0.25, 0.3) is 0 Å². The van der Waals surface area contributed by atoms with E-state index in [1.165, 1.54) is 4.90 Å². The molecule has 0 aliphatic carbocycles. The van der Waals surface area contributed by atoms with Crippen LogP contribution in [0.4, 0.5) is 4.79 Å². The lowest BCUT2D eigenvalue weighted by Crippen LogP contribution is -2.35. The molecule has 1 N–H and O–H groups in total. The van der Waals surface area contributed by atoms with E-state index < -0.39 is 6.03 Å². The fourth-order valence-electron chi connectivity index (χ4n) is 1.64. The Bertz CT molecular complexity index is 536. The van der Waals surface area contributed by atoms with Gasteiger partial charge in [0, 0.05) is 4.90 Å². The van der Waals surface area contributed by atoms with Gasteiger partial charge in [0.1, 0.15) is 6.04 Å². The van der Waals surface area contributed by atoms with Crippen molar-refractivity contribution in [2.75, 3.05) is 12.8 Å². The number of nitrogens with one attached hydrogen (secondary N) is 1. The fourth-order valence-corrected chi connectivity index (χ4v) is 2.05. The summed E-state index contributed by atoms with van der Waals surface area (Å²) >= 11 is 1.63. The second-order valence-electron chi connectivity index (χ2n) is 4.18. The molecule has 0 bridgehead atoms. The lowest BCUT2D eigenvalue weighted by molar-refractivity contribution is -0.119. The standard InChI is InChI=1S/C13H13N3O2S/c1-19-11-4-2-9(3-5-11)6-12(17)15-13(18)16-8-10(16)7-14/h2-5,10H,6,8H2,1H3,(H,15,17,18). The van der Waals surface area contributed by atoms with Crippen LogP contribution in [0.5, 0.6) is 0 Å². The van der Waals surface area contributed by atoms with Gasteiger partial charge < -0.3 is 4.90 Å². The van der Waals surface area contributed by atoms with Gasteiger partial charge in [0.25, 0.3) is 0 Å². The minimum atomic E-state index is -0.489. The van der Waals surface area contributed by atoms with E-state index in [2.05, 4.69) is 5.32 Å². The first-order chi connectivity index (χ1) is 9.13. The zero-order chi connectivity index (χ0) is 13.8. The Morgan fingerprint density at radius 1 is 1.47 bits per heavy atom. The molecule has 0 radical (unpaired) electrons. The van der Waals surface area contributed by atoms with E-state index in [9.17, 15) is 9.59 Å². The quantitative estimate of drug-likeness (QED) is 0.668. The molecule has 1 fully saturated rings. The largest absolute Gasteiger partial charge is 0.325 e. The molecule has 0 saturated carbocycles. The molecule has 1 unspecified atom stereocenters. The fraction of sp³-hybridized carbons (Fsp3) is 0.308. The van der Waals surface area contributed by atoms with E-state index in [0.29, 0.717) is 6.54 Å². The highest BCUT2D eigenvalue weighted by atomic mass is 32.2. The zero-order valence-corrected chi connectivity index (χ0v) is 11.2. The Kier molecular flexibility index (Phi) is 4.07. The molecule has 1 aliphatic heterocycles. The van der Waals surface area contributed by atoms with Gasteiger partial charge in [0.15, 0.2) is 0 Å². The molecule has 98 valence electrons. The van der Waals surface area contributed by atoms with Crippen LogP contribution in [0.15, 0.2) is 29.2 Å². The van der Waals surface area contributed by atoms with Crippen molar-refractivity contribution in [3.63, 3.8) is 0 Å². The number of rotatable bonds is 3. The van der Waals surface area contributed by atoms with Crippen LogP contribution < -0.4 is 5.32 Å². The average Bonchev–Trinajstić information content (AvgIpc) is 3.19. The molecule has 1 saturated heterocycles. The number of thioether (sulfide) groups is 1. The van der Waals surface area contributed by atoms with E-state index in [1.54, 1.807) is 11.8 Å². The van der Waals surface area contributed by atoms with Gasteiger partial charge in [0.05, 0.1) is 19.0 Å². The van der Waals surface area contributed by atoms with Crippen molar-refractivity contribution in [1.29, 1.82) is 5.26 Å². The Hall–Kier alpha value is -2.00. The molecule has 6 heteroatoms. The van der Waals surface area contributed by atoms with Crippen molar-refractivity contribution < 1.29 is 9.59 Å². The number of urea groups is 1. The summed E-state index contributed by atoms with van der Waals surface area (Å²) in [5.74, 6) is -0.356. The second-order valence-corrected chi connectivity index (χ2v) is 5.06. The lowest BCUT2D eigenvalue weighted by Gasteiger charge is -2.05. The van der Waals surface area contributed by atoms with E-state index in [-0.39, 0.29) is 18.4 Å². The predicted octanol–water partition coefficient (Wildman–Crippen LogP) is 1.39. The van der Waals surface area contributed by atoms with Crippen molar-refractivity contribution in [1.82, 2.24) is 10.2 Å². The monoisotopic (exact) mass is 275 g/mol. The van der Waals surface area contributed by atoms with Crippen LogP contribution in [0, 0.1) is 11.3 Å². The van der Waals surface area contributed by atoms with Gasteiger partial charge in [-0.25, -0.2) is 4.79 Å². The molecular weight excluding hydrogens is 262 g/mol. The van der Waals surface area contributed by atoms with E-state index in [1.807, 2.05) is 36.6 Å². The second kappa shape index (κ2) is 5.76. The molecule has 3 amide bonds. The Morgan fingerprint density at radius 3 is 2.68 bits per heavy atom. The summed E-state index contributed by atoms with van der Waals surface area (Å²) in [7, 11) is 0. The highest BCUT2D eigenvalue weighted by molar-refractivity contribution is 7.98. The minimum Gasteiger partial charge on any atom is -0.303 e. The van der Waals surface area contributed by atoms with Crippen LogP contribution in [0.1, 0.15) is 5.56 Å². The Labute approximate surface area is 115 Å². The first kappa shape index (κ1) is 13.4. The molecule has 1 aliphatic rings. The molecule has 1 atom stereocenters. The molecule has 1 aromatic carbocycles. The number of carbonyl (C=O) groups is 2. The summed E-state index contributed by atoms with van der Waals surface area (Å²) in [4.78, 5) is 25.6. The number of benzene rings is 1. The van der Waals surface area contributed by atoms with Gasteiger partial charge in [-0.15, -0.1) is 11.8 Å². The summed E-state index contributed by atoms with van der Waals surface area (Å²) in [5.41, 5.74) is 0.853. The third-order valence-electron chi connectivity index (χ3n) is 2.79. The minimum absolute atomic E-state index is 0.158. The van der Waals surface area contributed by atoms with Crippen LogP contribution in [-0.4, -0.2) is 35.7 Å². The topological polar surface area (TPSA) is 73.0 Å². The predicted molar refractivity (Wildman–Crippen MR) is 71.6 cm³/mol. The van der Waals surface area contributed by atoms with Gasteiger partial charge in [0.2, 0.25) is 5.91 Å². The number of nitriles is 1. The molecule has 0 aromatic heterocycles. The third kappa shape index (κ3) is 3.48. The zero-order valence-electron chi connectivity index (χ0n) is 10.4. The maximum absolute atomic E-state index is 11.7. The number of carbonyl (C=O) groups excluding carboxylic acids is 2. The number of hydrogen-bond acceptors (Lipinski definition) is 4. The van der Waals surface area contributed by atoms with Crippen molar-refractivity contribution in [2.24, 2.45) is 0 Å². The van der Waals surface area contributed by atoms with Crippen LogP contribution >= 0.6 is 11.8 Å². The highest BCUT2D eigenvalue weighted by Gasteiger charge is 2.39. The van der Waals surface area contributed by atoms with Gasteiger partial charge >= 0.3 is 6.03 Å². The van der Waals surface area contributed by atoms with Crippen LogP contribution in [0.2, 0.25) is 0 Å². The molecular formula is C13H13N3O2S.